The standard InChI is InChI=1S/C16H15ClFN3/c17-15-13(11-2-1-3-12(18)8-11)6-7-14-16(15)19-20-21(14)9-10-4-5-10/h1-3,6-8,10,19-20H,4-5,9H2/p+1. The molecule has 1 heterocycles. The van der Waals surface area contributed by atoms with Crippen LogP contribution in [0.4, 0.5) is 15.8 Å². The van der Waals surface area contributed by atoms with Gasteiger partial charge in [0.2, 0.25) is 0 Å². The lowest BCUT2D eigenvalue weighted by molar-refractivity contribution is -0.631. The lowest BCUT2D eigenvalue weighted by Gasteiger charge is -2.13. The van der Waals surface area contributed by atoms with Crippen molar-refractivity contribution >= 4 is 23.0 Å². The number of nitrogens with one attached hydrogen (secondary N) is 1. The molecule has 5 heteroatoms. The highest BCUT2D eigenvalue weighted by atomic mass is 35.5. The van der Waals surface area contributed by atoms with Crippen molar-refractivity contribution in [1.29, 1.82) is 0 Å². The van der Waals surface area contributed by atoms with Gasteiger partial charge in [-0.2, -0.15) is 0 Å². The summed E-state index contributed by atoms with van der Waals surface area (Å²) < 4.78 is 13.4. The monoisotopic (exact) mass is 304 g/mol. The molecular formula is C16H16ClFN3+. The van der Waals surface area contributed by atoms with E-state index in [4.69, 9.17) is 11.6 Å². The van der Waals surface area contributed by atoms with Gasteiger partial charge in [0.1, 0.15) is 17.2 Å². The quantitative estimate of drug-likeness (QED) is 0.854. The first-order valence-electron chi connectivity index (χ1n) is 7.17. The fraction of sp³-hybridized carbons (Fsp3) is 0.250. The van der Waals surface area contributed by atoms with E-state index in [9.17, 15) is 4.39 Å². The first-order valence-corrected chi connectivity index (χ1v) is 7.55. The van der Waals surface area contributed by atoms with E-state index in [1.165, 1.54) is 25.0 Å². The number of hydrogen-bond donors (Lipinski definition) is 2. The fourth-order valence-electron chi connectivity index (χ4n) is 2.76. The molecule has 0 amide bonds. The minimum absolute atomic E-state index is 0.251. The van der Waals surface area contributed by atoms with E-state index in [0.29, 0.717) is 5.02 Å². The average molecular weight is 305 g/mol. The number of nitrogen functional groups attached to an aromatic ring is 1. The van der Waals surface area contributed by atoms with Crippen LogP contribution < -0.4 is 16.0 Å². The van der Waals surface area contributed by atoms with Crippen LogP contribution in [0.1, 0.15) is 12.8 Å². The van der Waals surface area contributed by atoms with E-state index >= 15 is 0 Å². The Balaban J connectivity index is 1.72. The summed E-state index contributed by atoms with van der Waals surface area (Å²) in [6, 6.07) is 10.5. The first kappa shape index (κ1) is 12.9. The van der Waals surface area contributed by atoms with Crippen molar-refractivity contribution in [3.8, 4) is 11.1 Å². The number of nitrogens with two attached hydrogens (primary N) is 1. The van der Waals surface area contributed by atoms with Gasteiger partial charge in [0.15, 0.2) is 0 Å². The highest BCUT2D eigenvalue weighted by molar-refractivity contribution is 6.36. The number of benzene rings is 2. The summed E-state index contributed by atoms with van der Waals surface area (Å²) in [4.78, 5) is 0. The van der Waals surface area contributed by atoms with Crippen molar-refractivity contribution in [2.75, 3.05) is 17.0 Å². The summed E-state index contributed by atoms with van der Waals surface area (Å²) >= 11 is 6.53. The molecule has 1 fully saturated rings. The predicted molar refractivity (Wildman–Crippen MR) is 82.5 cm³/mol. The van der Waals surface area contributed by atoms with Crippen LogP contribution in [-0.2, 0) is 0 Å². The minimum atomic E-state index is -0.251. The van der Waals surface area contributed by atoms with E-state index in [-0.39, 0.29) is 5.82 Å². The van der Waals surface area contributed by atoms with Crippen LogP contribution in [0.15, 0.2) is 36.4 Å². The zero-order valence-electron chi connectivity index (χ0n) is 11.4. The van der Waals surface area contributed by atoms with Crippen molar-refractivity contribution in [3.63, 3.8) is 0 Å². The Hall–Kier alpha value is -1.78. The number of rotatable bonds is 3. The summed E-state index contributed by atoms with van der Waals surface area (Å²) in [6.07, 6.45) is 2.63. The van der Waals surface area contributed by atoms with Gasteiger partial charge < -0.3 is 0 Å². The number of halogens is 2. The molecule has 0 spiro atoms. The molecule has 1 saturated carbocycles. The summed E-state index contributed by atoms with van der Waals surface area (Å²) in [7, 11) is 0. The van der Waals surface area contributed by atoms with E-state index in [2.05, 4.69) is 16.5 Å². The number of anilines is 2. The Kier molecular flexibility index (Phi) is 3.01. The van der Waals surface area contributed by atoms with Crippen molar-refractivity contribution < 1.29 is 9.93 Å². The van der Waals surface area contributed by atoms with Gasteiger partial charge in [-0.1, -0.05) is 29.8 Å². The van der Waals surface area contributed by atoms with Gasteiger partial charge in [0, 0.05) is 5.56 Å². The van der Waals surface area contributed by atoms with Gasteiger partial charge in [-0.05, 0) is 42.5 Å². The van der Waals surface area contributed by atoms with Crippen LogP contribution in [0.3, 0.4) is 0 Å². The molecule has 2 aromatic carbocycles. The second-order valence-corrected chi connectivity index (χ2v) is 6.08. The molecule has 1 aliphatic carbocycles. The third-order valence-electron chi connectivity index (χ3n) is 4.08. The smallest absolute Gasteiger partial charge is 0.135 e. The van der Waals surface area contributed by atoms with Gasteiger partial charge in [-0.3, -0.25) is 0 Å². The zero-order valence-corrected chi connectivity index (χ0v) is 12.2. The lowest BCUT2D eigenvalue weighted by Crippen LogP contribution is -2.95. The fourth-order valence-corrected chi connectivity index (χ4v) is 3.09. The van der Waals surface area contributed by atoms with Crippen LogP contribution in [-0.4, -0.2) is 6.54 Å². The maximum absolute atomic E-state index is 13.4. The Bertz CT molecular complexity index is 700. The van der Waals surface area contributed by atoms with Crippen molar-refractivity contribution in [2.24, 2.45) is 5.92 Å². The molecule has 3 N–H and O–H groups in total. The molecule has 0 saturated heterocycles. The summed E-state index contributed by atoms with van der Waals surface area (Å²) in [6.45, 7) is 1.04. The molecule has 0 bridgehead atoms. The molecule has 3 nitrogen and oxygen atoms in total. The average Bonchev–Trinajstić information content (AvgIpc) is 3.19. The molecule has 21 heavy (non-hydrogen) atoms. The van der Waals surface area contributed by atoms with Crippen molar-refractivity contribution in [3.05, 3.63) is 47.2 Å². The molecule has 2 aliphatic rings. The maximum atomic E-state index is 13.4. The molecule has 0 atom stereocenters. The van der Waals surface area contributed by atoms with Gasteiger partial charge in [-0.15, -0.1) is 5.53 Å². The largest absolute Gasteiger partial charge is 0.212 e. The SMILES string of the molecule is Fc1cccc(-c2ccc3c(c2Cl)N[NH2+]N3CC2CC2)c1. The minimum Gasteiger partial charge on any atom is -0.212 e. The van der Waals surface area contributed by atoms with E-state index in [1.807, 2.05) is 17.7 Å². The number of fused-ring (bicyclic) bond motifs is 1. The van der Waals surface area contributed by atoms with Gasteiger partial charge in [-0.25, -0.2) is 14.8 Å². The highest BCUT2D eigenvalue weighted by Gasteiger charge is 2.32. The van der Waals surface area contributed by atoms with Crippen LogP contribution in [0.5, 0.6) is 0 Å². The molecule has 1 aliphatic heterocycles. The zero-order chi connectivity index (χ0) is 14.4. The maximum Gasteiger partial charge on any atom is 0.135 e. The Morgan fingerprint density at radius 3 is 2.90 bits per heavy atom. The number of hydrogen-bond acceptors (Lipinski definition) is 2. The molecule has 0 unspecified atom stereocenters. The first-order chi connectivity index (χ1) is 10.2. The van der Waals surface area contributed by atoms with Gasteiger partial charge >= 0.3 is 0 Å². The van der Waals surface area contributed by atoms with Crippen LogP contribution in [0.2, 0.25) is 5.02 Å². The Morgan fingerprint density at radius 2 is 2.14 bits per heavy atom. The second kappa shape index (κ2) is 4.90. The molecule has 0 radical (unpaired) electrons. The normalized spacial score (nSPS) is 16.8. The van der Waals surface area contributed by atoms with Crippen molar-refractivity contribution in [1.82, 2.24) is 0 Å². The summed E-state index contributed by atoms with van der Waals surface area (Å²) in [5, 5.41) is 2.86. The number of nitrogens with zero attached hydrogens (tertiary/aromatic N) is 1. The molecular weight excluding hydrogens is 289 g/mol. The molecule has 2 aromatic rings. The Labute approximate surface area is 127 Å². The molecule has 108 valence electrons. The van der Waals surface area contributed by atoms with E-state index in [1.54, 1.807) is 6.07 Å². The van der Waals surface area contributed by atoms with Crippen molar-refractivity contribution in [2.45, 2.75) is 12.8 Å². The summed E-state index contributed by atoms with van der Waals surface area (Å²) in [5.41, 5.74) is 8.90. The van der Waals surface area contributed by atoms with E-state index in [0.717, 1.165) is 35.0 Å². The third kappa shape index (κ3) is 2.34. The summed E-state index contributed by atoms with van der Waals surface area (Å²) in [5.74, 6) is 0.551. The van der Waals surface area contributed by atoms with Crippen LogP contribution in [0.25, 0.3) is 11.1 Å². The van der Waals surface area contributed by atoms with Gasteiger partial charge in [0.05, 0.1) is 11.6 Å². The highest BCUT2D eigenvalue weighted by Crippen LogP contribution is 2.41. The predicted octanol–water partition coefficient (Wildman–Crippen LogP) is 3.18. The van der Waals surface area contributed by atoms with E-state index < -0.39 is 0 Å². The Morgan fingerprint density at radius 1 is 1.29 bits per heavy atom. The van der Waals surface area contributed by atoms with Crippen LogP contribution >= 0.6 is 11.6 Å². The van der Waals surface area contributed by atoms with Gasteiger partial charge in [0.25, 0.3) is 0 Å². The number of quaternary nitrogens is 1. The van der Waals surface area contributed by atoms with Crippen LogP contribution in [0, 0.1) is 11.7 Å². The third-order valence-corrected chi connectivity index (χ3v) is 4.47. The lowest BCUT2D eigenvalue weighted by atomic mass is 10.0. The molecule has 4 rings (SSSR count). The topological polar surface area (TPSA) is 31.9 Å². The molecule has 0 aromatic heterocycles. The second-order valence-electron chi connectivity index (χ2n) is 5.70.